The van der Waals surface area contributed by atoms with Gasteiger partial charge in [-0.2, -0.15) is 13.2 Å². The largest absolute Gasteiger partial charge is 0.481 e. The fourth-order valence-corrected chi connectivity index (χ4v) is 2.88. The number of halogens is 5. The molecule has 3 rings (SSSR count). The van der Waals surface area contributed by atoms with Crippen LogP contribution in [0.15, 0.2) is 48.5 Å². The maximum Gasteiger partial charge on any atom is 0.422 e. The number of hydrogen-bond acceptors (Lipinski definition) is 1. The van der Waals surface area contributed by atoms with Crippen LogP contribution in [0, 0.1) is 23.5 Å². The van der Waals surface area contributed by atoms with E-state index >= 15 is 0 Å². The summed E-state index contributed by atoms with van der Waals surface area (Å²) in [7, 11) is 0. The monoisotopic (exact) mass is 404 g/mol. The Kier molecular flexibility index (Phi) is 6.07. The highest BCUT2D eigenvalue weighted by molar-refractivity contribution is 5.85. The smallest absolute Gasteiger partial charge is 0.422 e. The Labute approximate surface area is 165 Å². The van der Waals surface area contributed by atoms with Crippen LogP contribution in [-0.4, -0.2) is 12.8 Å². The number of aryl methyl sites for hydroxylation is 1. The van der Waals surface area contributed by atoms with E-state index in [2.05, 4.69) is 23.5 Å². The van der Waals surface area contributed by atoms with E-state index in [1.807, 2.05) is 12.1 Å². The highest BCUT2D eigenvalue weighted by Crippen LogP contribution is 2.24. The van der Waals surface area contributed by atoms with Gasteiger partial charge < -0.3 is 4.74 Å². The Balaban J connectivity index is 1.84. The van der Waals surface area contributed by atoms with E-state index in [0.717, 1.165) is 35.9 Å². The minimum absolute atomic E-state index is 0.151. The molecule has 3 aromatic rings. The molecule has 0 unspecified atom stereocenters. The molecule has 1 nitrogen and oxygen atoms in total. The van der Waals surface area contributed by atoms with Crippen LogP contribution in [0.2, 0.25) is 0 Å². The van der Waals surface area contributed by atoms with Gasteiger partial charge in [0.1, 0.15) is 5.82 Å². The predicted octanol–water partition coefficient (Wildman–Crippen LogP) is 6.41. The first kappa shape index (κ1) is 20.7. The lowest BCUT2D eigenvalue weighted by Crippen LogP contribution is -2.19. The van der Waals surface area contributed by atoms with Gasteiger partial charge in [-0.15, -0.1) is 0 Å². The highest BCUT2D eigenvalue weighted by Gasteiger charge is 2.28. The number of benzene rings is 3. The molecule has 0 aromatic heterocycles. The summed E-state index contributed by atoms with van der Waals surface area (Å²) in [6, 6.07) is 12.2. The number of fused-ring (bicyclic) bond motifs is 1. The Hall–Kier alpha value is -3.07. The third-order valence-electron chi connectivity index (χ3n) is 4.22. The topological polar surface area (TPSA) is 9.23 Å². The third-order valence-corrected chi connectivity index (χ3v) is 4.22. The van der Waals surface area contributed by atoms with Gasteiger partial charge >= 0.3 is 6.18 Å². The molecule has 0 amide bonds. The Morgan fingerprint density at radius 3 is 2.41 bits per heavy atom. The fourth-order valence-electron chi connectivity index (χ4n) is 2.88. The van der Waals surface area contributed by atoms with Crippen molar-refractivity contribution in [3.63, 3.8) is 0 Å². The molecule has 0 aliphatic carbocycles. The van der Waals surface area contributed by atoms with Crippen molar-refractivity contribution in [3.05, 3.63) is 76.9 Å². The molecular weight excluding hydrogens is 387 g/mol. The summed E-state index contributed by atoms with van der Waals surface area (Å²) in [4.78, 5) is 0. The zero-order valence-corrected chi connectivity index (χ0v) is 15.5. The van der Waals surface area contributed by atoms with Crippen LogP contribution in [0.5, 0.6) is 5.75 Å². The lowest BCUT2D eigenvalue weighted by atomic mass is 10.0. The summed E-state index contributed by atoms with van der Waals surface area (Å²) in [5.74, 6) is 3.32. The van der Waals surface area contributed by atoms with E-state index in [1.165, 1.54) is 6.07 Å². The molecule has 3 aromatic carbocycles. The fraction of sp³-hybridized carbons (Fsp3) is 0.217. The minimum Gasteiger partial charge on any atom is -0.481 e. The van der Waals surface area contributed by atoms with Gasteiger partial charge in [-0.1, -0.05) is 49.5 Å². The number of hydrogen-bond donors (Lipinski definition) is 0. The van der Waals surface area contributed by atoms with E-state index in [4.69, 9.17) is 0 Å². The van der Waals surface area contributed by atoms with Crippen LogP contribution in [0.1, 0.15) is 30.0 Å². The van der Waals surface area contributed by atoms with Crippen molar-refractivity contribution in [2.75, 3.05) is 6.61 Å². The highest BCUT2D eigenvalue weighted by atomic mass is 19.4. The van der Waals surface area contributed by atoms with Crippen LogP contribution >= 0.6 is 0 Å². The summed E-state index contributed by atoms with van der Waals surface area (Å²) >= 11 is 0. The minimum atomic E-state index is -4.56. The quantitative estimate of drug-likeness (QED) is 0.361. The summed E-state index contributed by atoms with van der Waals surface area (Å²) in [5, 5.41) is 1.22. The Morgan fingerprint density at radius 2 is 1.72 bits per heavy atom. The zero-order valence-electron chi connectivity index (χ0n) is 15.5. The molecule has 0 saturated heterocycles. The van der Waals surface area contributed by atoms with E-state index < -0.39 is 30.2 Å². The molecule has 150 valence electrons. The van der Waals surface area contributed by atoms with Gasteiger partial charge in [0.05, 0.1) is 5.56 Å². The second-order valence-corrected chi connectivity index (χ2v) is 6.53. The van der Waals surface area contributed by atoms with Gasteiger partial charge in [0.2, 0.25) is 0 Å². The second kappa shape index (κ2) is 8.52. The molecule has 0 saturated carbocycles. The van der Waals surface area contributed by atoms with Crippen LogP contribution < -0.4 is 4.74 Å². The lowest BCUT2D eigenvalue weighted by molar-refractivity contribution is -0.153. The molecule has 0 radical (unpaired) electrons. The molecular formula is C23H17F5O. The number of ether oxygens (including phenoxy) is 1. The standard InChI is InChI=1S/C23H17F5O/c1-2-3-15-5-10-19-18(12-15)9-8-17(22(19)25)7-4-16-6-11-21(20(24)13-16)29-14-23(26,27)28/h5-6,8-13H,2-3,14H2,1H3. The van der Waals surface area contributed by atoms with Crippen LogP contribution in [-0.2, 0) is 6.42 Å². The van der Waals surface area contributed by atoms with Crippen LogP contribution in [0.3, 0.4) is 0 Å². The molecule has 0 heterocycles. The van der Waals surface area contributed by atoms with Gasteiger partial charge in [-0.25, -0.2) is 8.78 Å². The van der Waals surface area contributed by atoms with Gasteiger partial charge in [-0.05, 0) is 41.6 Å². The lowest BCUT2D eigenvalue weighted by Gasteiger charge is -2.09. The Bertz CT molecular complexity index is 1090. The number of rotatable bonds is 4. The molecule has 6 heteroatoms. The normalized spacial score (nSPS) is 11.2. The van der Waals surface area contributed by atoms with Crippen molar-refractivity contribution in [3.8, 4) is 17.6 Å². The molecule has 0 aliphatic rings. The summed E-state index contributed by atoms with van der Waals surface area (Å²) in [6.45, 7) is 0.485. The Morgan fingerprint density at radius 1 is 0.931 bits per heavy atom. The van der Waals surface area contributed by atoms with Crippen molar-refractivity contribution in [1.29, 1.82) is 0 Å². The molecule has 29 heavy (non-hydrogen) atoms. The van der Waals surface area contributed by atoms with E-state index in [1.54, 1.807) is 18.2 Å². The maximum atomic E-state index is 14.7. The molecule has 0 aliphatic heterocycles. The molecule has 0 atom stereocenters. The SMILES string of the molecule is CCCc1ccc2c(F)c(C#Cc3ccc(OCC(F)(F)F)c(F)c3)ccc2c1. The van der Waals surface area contributed by atoms with Crippen molar-refractivity contribution < 1.29 is 26.7 Å². The summed E-state index contributed by atoms with van der Waals surface area (Å²) in [6.07, 6.45) is -2.66. The average molecular weight is 404 g/mol. The van der Waals surface area contributed by atoms with E-state index in [-0.39, 0.29) is 11.1 Å². The second-order valence-electron chi connectivity index (χ2n) is 6.53. The van der Waals surface area contributed by atoms with E-state index in [0.29, 0.717) is 5.39 Å². The van der Waals surface area contributed by atoms with Gasteiger partial charge in [-0.3, -0.25) is 0 Å². The van der Waals surface area contributed by atoms with Crippen molar-refractivity contribution in [2.24, 2.45) is 0 Å². The van der Waals surface area contributed by atoms with Crippen LogP contribution in [0.4, 0.5) is 22.0 Å². The van der Waals surface area contributed by atoms with E-state index in [9.17, 15) is 22.0 Å². The molecule has 0 fully saturated rings. The molecule has 0 N–H and O–H groups in total. The van der Waals surface area contributed by atoms with Crippen molar-refractivity contribution in [1.82, 2.24) is 0 Å². The summed E-state index contributed by atoms with van der Waals surface area (Å²) in [5.41, 5.74) is 1.47. The first-order chi connectivity index (χ1) is 13.8. The van der Waals surface area contributed by atoms with Gasteiger partial charge in [0.15, 0.2) is 18.2 Å². The number of alkyl halides is 3. The summed E-state index contributed by atoms with van der Waals surface area (Å²) < 4.78 is 69.5. The van der Waals surface area contributed by atoms with Crippen LogP contribution in [0.25, 0.3) is 10.8 Å². The zero-order chi connectivity index (χ0) is 21.0. The maximum absolute atomic E-state index is 14.7. The molecule has 0 bridgehead atoms. The molecule has 0 spiro atoms. The van der Waals surface area contributed by atoms with Gasteiger partial charge in [0, 0.05) is 10.9 Å². The predicted molar refractivity (Wildman–Crippen MR) is 102 cm³/mol. The van der Waals surface area contributed by atoms with Crippen molar-refractivity contribution >= 4 is 10.8 Å². The first-order valence-electron chi connectivity index (χ1n) is 8.99. The third kappa shape index (κ3) is 5.26. The van der Waals surface area contributed by atoms with Crippen molar-refractivity contribution in [2.45, 2.75) is 25.9 Å². The average Bonchev–Trinajstić information content (AvgIpc) is 2.66. The van der Waals surface area contributed by atoms with Gasteiger partial charge in [0.25, 0.3) is 0 Å². The first-order valence-corrected chi connectivity index (χ1v) is 8.99.